The van der Waals surface area contributed by atoms with E-state index in [0.29, 0.717) is 36.0 Å². The number of hydrogen-bond donors (Lipinski definition) is 0. The Bertz CT molecular complexity index is 800. The van der Waals surface area contributed by atoms with Gasteiger partial charge in [-0.25, -0.2) is 0 Å². The third kappa shape index (κ3) is 4.01. The van der Waals surface area contributed by atoms with E-state index in [9.17, 15) is 4.79 Å². The van der Waals surface area contributed by atoms with Gasteiger partial charge in [0.1, 0.15) is 18.4 Å². The molecule has 25 heavy (non-hydrogen) atoms. The molecule has 1 heterocycles. The van der Waals surface area contributed by atoms with Gasteiger partial charge >= 0.3 is 0 Å². The van der Waals surface area contributed by atoms with E-state index >= 15 is 0 Å². The summed E-state index contributed by atoms with van der Waals surface area (Å²) >= 11 is 0. The highest BCUT2D eigenvalue weighted by Gasteiger charge is 2.23. The van der Waals surface area contributed by atoms with E-state index in [1.807, 2.05) is 30.3 Å². The topological polar surface area (TPSA) is 71.8 Å². The van der Waals surface area contributed by atoms with Crippen molar-refractivity contribution in [2.45, 2.75) is 6.10 Å². The zero-order valence-corrected chi connectivity index (χ0v) is 13.8. The van der Waals surface area contributed by atoms with Crippen molar-refractivity contribution in [3.8, 4) is 23.3 Å². The summed E-state index contributed by atoms with van der Waals surface area (Å²) in [5.41, 5.74) is 0.401. The van der Waals surface area contributed by atoms with Crippen molar-refractivity contribution in [3.05, 3.63) is 54.1 Å². The highest BCUT2D eigenvalue weighted by molar-refractivity contribution is 5.77. The first-order chi connectivity index (χ1) is 12.2. The lowest BCUT2D eigenvalue weighted by Crippen LogP contribution is -2.43. The second-order valence-corrected chi connectivity index (χ2v) is 5.67. The molecule has 1 amide bonds. The van der Waals surface area contributed by atoms with E-state index in [2.05, 4.69) is 0 Å². The molecule has 128 valence electrons. The van der Waals surface area contributed by atoms with Crippen LogP contribution in [-0.2, 0) is 4.79 Å². The summed E-state index contributed by atoms with van der Waals surface area (Å²) in [6.45, 7) is 0.628. The number of hydrogen-bond acceptors (Lipinski definition) is 5. The average Bonchev–Trinajstić information content (AvgIpc) is 2.66. The van der Waals surface area contributed by atoms with Gasteiger partial charge in [-0.15, -0.1) is 0 Å². The first kappa shape index (κ1) is 16.7. The number of ether oxygens (including phenoxy) is 3. The molecule has 6 heteroatoms. The Balaban J connectivity index is 1.52. The van der Waals surface area contributed by atoms with Gasteiger partial charge in [0.25, 0.3) is 5.91 Å². The third-order valence-corrected chi connectivity index (χ3v) is 3.83. The van der Waals surface area contributed by atoms with E-state index in [-0.39, 0.29) is 18.6 Å². The van der Waals surface area contributed by atoms with Crippen molar-refractivity contribution in [1.82, 2.24) is 4.90 Å². The largest absolute Gasteiger partial charge is 0.486 e. The summed E-state index contributed by atoms with van der Waals surface area (Å²) in [5.74, 6) is 1.59. The van der Waals surface area contributed by atoms with Gasteiger partial charge in [0.2, 0.25) is 0 Å². The number of rotatable bonds is 5. The molecule has 6 nitrogen and oxygen atoms in total. The number of amides is 1. The minimum atomic E-state index is -0.241. The van der Waals surface area contributed by atoms with Crippen LogP contribution in [0.1, 0.15) is 5.56 Å². The van der Waals surface area contributed by atoms with Crippen LogP contribution in [0.25, 0.3) is 0 Å². The summed E-state index contributed by atoms with van der Waals surface area (Å²) in [4.78, 5) is 13.8. The Kier molecular flexibility index (Phi) is 5.05. The van der Waals surface area contributed by atoms with Gasteiger partial charge in [-0.2, -0.15) is 5.26 Å². The molecule has 1 atom stereocenters. The third-order valence-electron chi connectivity index (χ3n) is 3.83. The van der Waals surface area contributed by atoms with Gasteiger partial charge in [-0.1, -0.05) is 24.3 Å². The summed E-state index contributed by atoms with van der Waals surface area (Å²) in [5, 5.41) is 9.03. The first-order valence-electron chi connectivity index (χ1n) is 7.91. The lowest BCUT2D eigenvalue weighted by atomic mass is 10.2. The van der Waals surface area contributed by atoms with Crippen LogP contribution in [0, 0.1) is 11.3 Å². The Hall–Kier alpha value is -3.20. The molecule has 3 rings (SSSR count). The summed E-state index contributed by atoms with van der Waals surface area (Å²) in [6.07, 6.45) is -0.241. The number of para-hydroxylation sites is 3. The number of carbonyl (C=O) groups is 1. The highest BCUT2D eigenvalue weighted by atomic mass is 16.6. The molecule has 0 N–H and O–H groups in total. The molecule has 0 bridgehead atoms. The van der Waals surface area contributed by atoms with Crippen LogP contribution in [0.3, 0.4) is 0 Å². The fraction of sp³-hybridized carbons (Fsp3) is 0.263. The normalized spacial score (nSPS) is 15.1. The maximum atomic E-state index is 12.3. The fourth-order valence-electron chi connectivity index (χ4n) is 2.49. The van der Waals surface area contributed by atoms with Gasteiger partial charge in [-0.05, 0) is 24.3 Å². The Labute approximate surface area is 146 Å². The molecule has 0 spiro atoms. The molecule has 1 aliphatic rings. The standard InChI is InChI=1S/C19H18N2O4/c1-21(11-15-12-23-17-8-4-5-9-18(17)25-15)19(22)13-24-16-7-3-2-6-14(16)10-20/h2-9,15H,11-13H2,1H3/t15-/m1/s1. The van der Waals surface area contributed by atoms with E-state index in [1.165, 1.54) is 4.90 Å². The maximum absolute atomic E-state index is 12.3. The Morgan fingerprint density at radius 1 is 1.24 bits per heavy atom. The summed E-state index contributed by atoms with van der Waals surface area (Å²) in [6, 6.07) is 16.3. The lowest BCUT2D eigenvalue weighted by molar-refractivity contribution is -0.133. The minimum absolute atomic E-state index is 0.140. The molecular weight excluding hydrogens is 320 g/mol. The van der Waals surface area contributed by atoms with Crippen molar-refractivity contribution in [2.24, 2.45) is 0 Å². The number of fused-ring (bicyclic) bond motifs is 1. The second-order valence-electron chi connectivity index (χ2n) is 5.67. The van der Waals surface area contributed by atoms with Crippen molar-refractivity contribution in [1.29, 1.82) is 5.26 Å². The van der Waals surface area contributed by atoms with Gasteiger partial charge < -0.3 is 19.1 Å². The Morgan fingerprint density at radius 2 is 1.96 bits per heavy atom. The quantitative estimate of drug-likeness (QED) is 0.836. The van der Waals surface area contributed by atoms with Crippen LogP contribution in [0.5, 0.6) is 17.2 Å². The molecule has 0 aliphatic carbocycles. The molecule has 0 saturated heterocycles. The fourth-order valence-corrected chi connectivity index (χ4v) is 2.49. The number of nitrogens with zero attached hydrogens (tertiary/aromatic N) is 2. The molecule has 2 aromatic rings. The molecule has 0 fully saturated rings. The number of nitriles is 1. The van der Waals surface area contributed by atoms with Crippen molar-refractivity contribution in [3.63, 3.8) is 0 Å². The zero-order chi connectivity index (χ0) is 17.6. The number of benzene rings is 2. The first-order valence-corrected chi connectivity index (χ1v) is 7.91. The van der Waals surface area contributed by atoms with Crippen LogP contribution in [-0.4, -0.2) is 43.7 Å². The zero-order valence-electron chi connectivity index (χ0n) is 13.8. The van der Waals surface area contributed by atoms with Crippen LogP contribution < -0.4 is 14.2 Å². The van der Waals surface area contributed by atoms with Gasteiger partial charge in [0.15, 0.2) is 24.2 Å². The molecule has 2 aromatic carbocycles. The summed E-state index contributed by atoms with van der Waals surface area (Å²) in [7, 11) is 1.69. The van der Waals surface area contributed by atoms with Crippen LogP contribution in [0.2, 0.25) is 0 Å². The average molecular weight is 338 g/mol. The molecule has 0 aromatic heterocycles. The van der Waals surface area contributed by atoms with Gasteiger partial charge in [0, 0.05) is 7.05 Å². The van der Waals surface area contributed by atoms with Gasteiger partial charge in [0.05, 0.1) is 12.1 Å². The van der Waals surface area contributed by atoms with Crippen LogP contribution in [0.4, 0.5) is 0 Å². The lowest BCUT2D eigenvalue weighted by Gasteiger charge is -2.29. The van der Waals surface area contributed by atoms with E-state index in [4.69, 9.17) is 19.5 Å². The summed E-state index contributed by atoms with van der Waals surface area (Å²) < 4.78 is 17.0. The second kappa shape index (κ2) is 7.58. The van der Waals surface area contributed by atoms with E-state index in [1.54, 1.807) is 31.3 Å². The van der Waals surface area contributed by atoms with Gasteiger partial charge in [-0.3, -0.25) is 4.79 Å². The maximum Gasteiger partial charge on any atom is 0.260 e. The minimum Gasteiger partial charge on any atom is -0.486 e. The molecular formula is C19H18N2O4. The Morgan fingerprint density at radius 3 is 2.76 bits per heavy atom. The van der Waals surface area contributed by atoms with Crippen molar-refractivity contribution in [2.75, 3.05) is 26.8 Å². The molecule has 1 aliphatic heterocycles. The number of carbonyl (C=O) groups excluding carboxylic acids is 1. The predicted octanol–water partition coefficient (Wildman–Crippen LogP) is 2.24. The molecule has 0 saturated carbocycles. The highest BCUT2D eigenvalue weighted by Crippen LogP contribution is 2.30. The number of likely N-dealkylation sites (N-methyl/N-ethyl adjacent to an activating group) is 1. The van der Waals surface area contributed by atoms with E-state index in [0.717, 1.165) is 0 Å². The van der Waals surface area contributed by atoms with Crippen molar-refractivity contribution < 1.29 is 19.0 Å². The molecule has 0 radical (unpaired) electrons. The molecule has 0 unspecified atom stereocenters. The SMILES string of the molecule is CN(C[C@@H]1COc2ccccc2O1)C(=O)COc1ccccc1C#N. The smallest absolute Gasteiger partial charge is 0.260 e. The van der Waals surface area contributed by atoms with E-state index < -0.39 is 0 Å². The van der Waals surface area contributed by atoms with Crippen molar-refractivity contribution >= 4 is 5.91 Å². The predicted molar refractivity (Wildman–Crippen MR) is 90.6 cm³/mol. The van der Waals surface area contributed by atoms with Crippen LogP contribution in [0.15, 0.2) is 48.5 Å². The van der Waals surface area contributed by atoms with Crippen LogP contribution >= 0.6 is 0 Å². The monoisotopic (exact) mass is 338 g/mol.